The quantitative estimate of drug-likeness (QED) is 0.898. The normalized spacial score (nSPS) is 11.5. The number of carboxylic acids is 1. The van der Waals surface area contributed by atoms with Gasteiger partial charge in [-0.15, -0.1) is 0 Å². The number of hydrogen-bond donors (Lipinski definition) is 1. The summed E-state index contributed by atoms with van der Waals surface area (Å²) in [6.45, 7) is 4.33. The standard InChI is InChI=1S/C16H17NO2/c1-11(2)4-3-5-12-6-7-15-14(10-12)13(16(18)19)8-9-17-15/h3,5-11H,4H2,1-2H3,(H,18,19). The Labute approximate surface area is 112 Å². The lowest BCUT2D eigenvalue weighted by Crippen LogP contribution is -1.98. The molecule has 3 nitrogen and oxygen atoms in total. The third-order valence-electron chi connectivity index (χ3n) is 2.91. The molecule has 0 aliphatic carbocycles. The average molecular weight is 255 g/mol. The fraction of sp³-hybridized carbons (Fsp3) is 0.250. The van der Waals surface area contributed by atoms with Crippen molar-refractivity contribution in [3.8, 4) is 0 Å². The monoisotopic (exact) mass is 255 g/mol. The Morgan fingerprint density at radius 2 is 2.16 bits per heavy atom. The SMILES string of the molecule is CC(C)CC=Cc1ccc2nccc(C(=O)O)c2c1. The van der Waals surface area contributed by atoms with E-state index < -0.39 is 5.97 Å². The van der Waals surface area contributed by atoms with Gasteiger partial charge in [-0.05, 0) is 36.1 Å². The molecule has 0 saturated carbocycles. The number of pyridine rings is 1. The van der Waals surface area contributed by atoms with Crippen LogP contribution in [0.15, 0.2) is 36.5 Å². The first kappa shape index (κ1) is 13.3. The average Bonchev–Trinajstić information content (AvgIpc) is 2.37. The molecule has 1 aromatic carbocycles. The molecule has 0 atom stereocenters. The number of aromatic carboxylic acids is 1. The van der Waals surface area contributed by atoms with Crippen LogP contribution < -0.4 is 0 Å². The first-order valence-corrected chi connectivity index (χ1v) is 6.36. The molecule has 0 radical (unpaired) electrons. The minimum Gasteiger partial charge on any atom is -0.478 e. The summed E-state index contributed by atoms with van der Waals surface area (Å²) >= 11 is 0. The van der Waals surface area contributed by atoms with E-state index in [4.69, 9.17) is 0 Å². The molecule has 0 spiro atoms. The van der Waals surface area contributed by atoms with Crippen molar-refractivity contribution in [2.45, 2.75) is 20.3 Å². The second kappa shape index (κ2) is 5.65. The molecule has 2 rings (SSSR count). The number of nitrogens with zero attached hydrogens (tertiary/aromatic N) is 1. The van der Waals surface area contributed by atoms with Crippen molar-refractivity contribution in [3.63, 3.8) is 0 Å². The van der Waals surface area contributed by atoms with Crippen LogP contribution in [0.5, 0.6) is 0 Å². The van der Waals surface area contributed by atoms with Crippen molar-refractivity contribution in [1.29, 1.82) is 0 Å². The summed E-state index contributed by atoms with van der Waals surface area (Å²) in [5.41, 5.74) is 2.01. The molecule has 0 bridgehead atoms. The number of allylic oxidation sites excluding steroid dienone is 1. The summed E-state index contributed by atoms with van der Waals surface area (Å²) in [6.07, 6.45) is 6.68. The molecule has 0 saturated heterocycles. The van der Waals surface area contributed by atoms with E-state index >= 15 is 0 Å². The van der Waals surface area contributed by atoms with Gasteiger partial charge in [0.25, 0.3) is 0 Å². The number of benzene rings is 1. The van der Waals surface area contributed by atoms with Crippen molar-refractivity contribution in [2.24, 2.45) is 5.92 Å². The van der Waals surface area contributed by atoms with E-state index in [0.29, 0.717) is 22.4 Å². The highest BCUT2D eigenvalue weighted by atomic mass is 16.4. The molecule has 1 aromatic heterocycles. The van der Waals surface area contributed by atoms with Crippen molar-refractivity contribution in [1.82, 2.24) is 4.98 Å². The second-order valence-electron chi connectivity index (χ2n) is 4.97. The predicted octanol–water partition coefficient (Wildman–Crippen LogP) is 3.99. The third kappa shape index (κ3) is 3.19. The van der Waals surface area contributed by atoms with Gasteiger partial charge in [-0.2, -0.15) is 0 Å². The predicted molar refractivity (Wildman–Crippen MR) is 77.2 cm³/mol. The Morgan fingerprint density at radius 1 is 1.37 bits per heavy atom. The van der Waals surface area contributed by atoms with E-state index in [-0.39, 0.29) is 0 Å². The van der Waals surface area contributed by atoms with Crippen LogP contribution in [0, 0.1) is 5.92 Å². The second-order valence-corrected chi connectivity index (χ2v) is 4.97. The van der Waals surface area contributed by atoms with E-state index in [0.717, 1.165) is 12.0 Å². The number of rotatable bonds is 4. The van der Waals surface area contributed by atoms with Crippen LogP contribution in [-0.4, -0.2) is 16.1 Å². The Balaban J connectivity index is 2.41. The van der Waals surface area contributed by atoms with Gasteiger partial charge >= 0.3 is 5.97 Å². The highest BCUT2D eigenvalue weighted by molar-refractivity contribution is 6.02. The molecule has 1 N–H and O–H groups in total. The first-order chi connectivity index (χ1) is 9.08. The van der Waals surface area contributed by atoms with Crippen LogP contribution >= 0.6 is 0 Å². The lowest BCUT2D eigenvalue weighted by atomic mass is 10.0. The minimum absolute atomic E-state index is 0.295. The summed E-state index contributed by atoms with van der Waals surface area (Å²) in [5.74, 6) is -0.302. The molecule has 98 valence electrons. The summed E-state index contributed by atoms with van der Waals surface area (Å²) in [7, 11) is 0. The molecular formula is C16H17NO2. The molecule has 0 aliphatic heterocycles. The van der Waals surface area contributed by atoms with E-state index in [1.54, 1.807) is 0 Å². The van der Waals surface area contributed by atoms with E-state index in [1.165, 1.54) is 12.3 Å². The highest BCUT2D eigenvalue weighted by Crippen LogP contribution is 2.19. The first-order valence-electron chi connectivity index (χ1n) is 6.36. The number of hydrogen-bond acceptors (Lipinski definition) is 2. The van der Waals surface area contributed by atoms with Gasteiger partial charge < -0.3 is 5.11 Å². The fourth-order valence-electron chi connectivity index (χ4n) is 1.93. The molecule has 3 heteroatoms. The number of carbonyl (C=O) groups is 1. The topological polar surface area (TPSA) is 50.2 Å². The van der Waals surface area contributed by atoms with Gasteiger partial charge in [0.2, 0.25) is 0 Å². The Morgan fingerprint density at radius 3 is 2.84 bits per heavy atom. The van der Waals surface area contributed by atoms with Gasteiger partial charge in [0.1, 0.15) is 0 Å². The van der Waals surface area contributed by atoms with Gasteiger partial charge in [0.05, 0.1) is 11.1 Å². The third-order valence-corrected chi connectivity index (χ3v) is 2.91. The lowest BCUT2D eigenvalue weighted by Gasteiger charge is -2.03. The van der Waals surface area contributed by atoms with Crippen molar-refractivity contribution >= 4 is 22.9 Å². The summed E-state index contributed by atoms with van der Waals surface area (Å²) in [4.78, 5) is 15.4. The number of fused-ring (bicyclic) bond motifs is 1. The maximum atomic E-state index is 11.2. The zero-order valence-corrected chi connectivity index (χ0v) is 11.1. The maximum absolute atomic E-state index is 11.2. The molecule has 1 heterocycles. The molecule has 19 heavy (non-hydrogen) atoms. The Kier molecular flexibility index (Phi) is 3.95. The van der Waals surface area contributed by atoms with Crippen molar-refractivity contribution in [3.05, 3.63) is 47.7 Å². The Bertz CT molecular complexity index is 630. The van der Waals surface area contributed by atoms with Gasteiger partial charge in [-0.1, -0.05) is 32.1 Å². The Hall–Kier alpha value is -2.16. The van der Waals surface area contributed by atoms with Crippen LogP contribution in [0.1, 0.15) is 36.2 Å². The molecule has 0 amide bonds. The van der Waals surface area contributed by atoms with Crippen LogP contribution in [0.4, 0.5) is 0 Å². The molecular weight excluding hydrogens is 238 g/mol. The van der Waals surface area contributed by atoms with Crippen molar-refractivity contribution < 1.29 is 9.90 Å². The summed E-state index contributed by atoms with van der Waals surface area (Å²) < 4.78 is 0. The van der Waals surface area contributed by atoms with Crippen LogP contribution in [0.25, 0.3) is 17.0 Å². The summed E-state index contributed by atoms with van der Waals surface area (Å²) in [5, 5.41) is 9.86. The van der Waals surface area contributed by atoms with Crippen LogP contribution in [0.2, 0.25) is 0 Å². The maximum Gasteiger partial charge on any atom is 0.336 e. The van der Waals surface area contributed by atoms with Gasteiger partial charge in [0.15, 0.2) is 0 Å². The smallest absolute Gasteiger partial charge is 0.336 e. The van der Waals surface area contributed by atoms with Gasteiger partial charge in [-0.3, -0.25) is 4.98 Å². The molecule has 0 fully saturated rings. The number of aromatic nitrogens is 1. The number of carboxylic acid groups (broad SMARTS) is 1. The van der Waals surface area contributed by atoms with E-state index in [2.05, 4.69) is 24.9 Å². The molecule has 0 aliphatic rings. The van der Waals surface area contributed by atoms with Gasteiger partial charge in [0, 0.05) is 11.6 Å². The zero-order chi connectivity index (χ0) is 13.8. The molecule has 2 aromatic rings. The van der Waals surface area contributed by atoms with Gasteiger partial charge in [-0.25, -0.2) is 4.79 Å². The zero-order valence-electron chi connectivity index (χ0n) is 11.1. The molecule has 0 unspecified atom stereocenters. The van der Waals surface area contributed by atoms with Crippen LogP contribution in [0.3, 0.4) is 0 Å². The minimum atomic E-state index is -0.921. The fourth-order valence-corrected chi connectivity index (χ4v) is 1.93. The lowest BCUT2D eigenvalue weighted by molar-refractivity contribution is 0.0699. The van der Waals surface area contributed by atoms with Crippen molar-refractivity contribution in [2.75, 3.05) is 0 Å². The van der Waals surface area contributed by atoms with Crippen LogP contribution in [-0.2, 0) is 0 Å². The van der Waals surface area contributed by atoms with E-state index in [1.807, 2.05) is 24.3 Å². The highest BCUT2D eigenvalue weighted by Gasteiger charge is 2.08. The van der Waals surface area contributed by atoms with E-state index in [9.17, 15) is 9.90 Å². The summed E-state index contributed by atoms with van der Waals surface area (Å²) in [6, 6.07) is 7.23. The largest absolute Gasteiger partial charge is 0.478 e.